The van der Waals surface area contributed by atoms with Crippen LogP contribution in [0.4, 0.5) is 16.5 Å². The Morgan fingerprint density at radius 1 is 1.03 bits per heavy atom. The standard InChI is InChI=1S/C19H17ClN4O3S2/c1-11(25)21-12-4-5-16(15(20)7-12)23-17(26)8-13-10-29-19(22-13)24-18(27)9-14-3-2-6-28-14/h2-7,10H,8-9H2,1H3,(H,21,25)(H,23,26)(H,22,24,27). The highest BCUT2D eigenvalue weighted by molar-refractivity contribution is 7.14. The number of nitrogens with zero attached hydrogens (tertiary/aromatic N) is 1. The summed E-state index contributed by atoms with van der Waals surface area (Å²) in [5.41, 5.74) is 1.53. The number of anilines is 3. The average molecular weight is 449 g/mol. The number of rotatable bonds is 7. The molecular weight excluding hydrogens is 432 g/mol. The van der Waals surface area contributed by atoms with Crippen LogP contribution in [0.1, 0.15) is 17.5 Å². The van der Waals surface area contributed by atoms with Gasteiger partial charge in [-0.05, 0) is 29.6 Å². The molecule has 150 valence electrons. The molecule has 0 aliphatic carbocycles. The van der Waals surface area contributed by atoms with Gasteiger partial charge >= 0.3 is 0 Å². The number of thiophene rings is 1. The molecule has 29 heavy (non-hydrogen) atoms. The zero-order valence-electron chi connectivity index (χ0n) is 15.3. The van der Waals surface area contributed by atoms with Crippen LogP contribution in [-0.2, 0) is 27.2 Å². The van der Waals surface area contributed by atoms with E-state index in [4.69, 9.17) is 11.6 Å². The van der Waals surface area contributed by atoms with Crippen LogP contribution in [0.2, 0.25) is 5.02 Å². The first kappa shape index (κ1) is 21.0. The lowest BCUT2D eigenvalue weighted by Gasteiger charge is -2.09. The Balaban J connectivity index is 1.53. The fourth-order valence-electron chi connectivity index (χ4n) is 2.44. The fraction of sp³-hybridized carbons (Fsp3) is 0.158. The minimum absolute atomic E-state index is 0.0427. The van der Waals surface area contributed by atoms with Crippen LogP contribution in [-0.4, -0.2) is 22.7 Å². The highest BCUT2D eigenvalue weighted by Gasteiger charge is 2.12. The van der Waals surface area contributed by atoms with Crippen molar-refractivity contribution < 1.29 is 14.4 Å². The normalized spacial score (nSPS) is 10.4. The molecule has 1 aromatic carbocycles. The van der Waals surface area contributed by atoms with Crippen LogP contribution in [0.15, 0.2) is 41.1 Å². The van der Waals surface area contributed by atoms with Gasteiger partial charge < -0.3 is 16.0 Å². The highest BCUT2D eigenvalue weighted by atomic mass is 35.5. The van der Waals surface area contributed by atoms with E-state index in [9.17, 15) is 14.4 Å². The predicted molar refractivity (Wildman–Crippen MR) is 117 cm³/mol. The van der Waals surface area contributed by atoms with Gasteiger partial charge in [0.2, 0.25) is 17.7 Å². The number of amides is 3. The van der Waals surface area contributed by atoms with Gasteiger partial charge in [-0.3, -0.25) is 14.4 Å². The number of aromatic nitrogens is 1. The number of thiazole rings is 1. The first-order chi connectivity index (χ1) is 13.9. The van der Waals surface area contributed by atoms with Gasteiger partial charge in [0.05, 0.1) is 29.2 Å². The lowest BCUT2D eigenvalue weighted by Crippen LogP contribution is -2.16. The van der Waals surface area contributed by atoms with E-state index in [1.54, 1.807) is 23.6 Å². The molecule has 0 unspecified atom stereocenters. The molecule has 2 aromatic heterocycles. The third kappa shape index (κ3) is 6.38. The van der Waals surface area contributed by atoms with Crippen molar-refractivity contribution in [1.82, 2.24) is 4.98 Å². The molecule has 10 heteroatoms. The SMILES string of the molecule is CC(=O)Nc1ccc(NC(=O)Cc2csc(NC(=O)Cc3cccs3)n2)c(Cl)c1. The largest absolute Gasteiger partial charge is 0.326 e. The van der Waals surface area contributed by atoms with Gasteiger partial charge in [-0.2, -0.15) is 0 Å². The summed E-state index contributed by atoms with van der Waals surface area (Å²) in [6.07, 6.45) is 0.334. The Morgan fingerprint density at radius 3 is 2.52 bits per heavy atom. The molecule has 0 bridgehead atoms. The monoisotopic (exact) mass is 448 g/mol. The van der Waals surface area contributed by atoms with E-state index in [1.807, 2.05) is 17.5 Å². The maximum atomic E-state index is 12.3. The van der Waals surface area contributed by atoms with Crippen molar-refractivity contribution in [3.05, 3.63) is 56.7 Å². The summed E-state index contributed by atoms with van der Waals surface area (Å²) in [4.78, 5) is 40.6. The molecule has 0 saturated heterocycles. The molecule has 0 radical (unpaired) electrons. The minimum atomic E-state index is -0.291. The van der Waals surface area contributed by atoms with Crippen molar-refractivity contribution in [2.24, 2.45) is 0 Å². The average Bonchev–Trinajstić information content (AvgIpc) is 3.29. The van der Waals surface area contributed by atoms with Gasteiger partial charge in [-0.15, -0.1) is 22.7 Å². The zero-order valence-corrected chi connectivity index (χ0v) is 17.7. The zero-order chi connectivity index (χ0) is 20.8. The van der Waals surface area contributed by atoms with E-state index in [2.05, 4.69) is 20.9 Å². The van der Waals surface area contributed by atoms with E-state index in [0.29, 0.717) is 33.6 Å². The Hall–Kier alpha value is -2.75. The Labute approximate surface area is 180 Å². The fourth-order valence-corrected chi connectivity index (χ4v) is 4.09. The van der Waals surface area contributed by atoms with Crippen molar-refractivity contribution in [2.45, 2.75) is 19.8 Å². The van der Waals surface area contributed by atoms with E-state index in [-0.39, 0.29) is 24.1 Å². The number of hydrogen-bond acceptors (Lipinski definition) is 6. The molecule has 0 atom stereocenters. The molecule has 0 aliphatic heterocycles. The van der Waals surface area contributed by atoms with Crippen LogP contribution in [0.5, 0.6) is 0 Å². The molecule has 0 spiro atoms. The number of nitrogens with one attached hydrogen (secondary N) is 3. The molecule has 3 N–H and O–H groups in total. The van der Waals surface area contributed by atoms with Gasteiger partial charge in [0.1, 0.15) is 0 Å². The second-order valence-electron chi connectivity index (χ2n) is 6.05. The smallest absolute Gasteiger partial charge is 0.231 e. The van der Waals surface area contributed by atoms with E-state index in [0.717, 1.165) is 4.88 Å². The molecular formula is C19H17ClN4O3S2. The molecule has 3 amide bonds. The predicted octanol–water partition coefficient (Wildman–Crippen LogP) is 4.18. The number of benzene rings is 1. The van der Waals surface area contributed by atoms with Gasteiger partial charge in [-0.25, -0.2) is 4.98 Å². The summed E-state index contributed by atoms with van der Waals surface area (Å²) in [5.74, 6) is -0.649. The van der Waals surface area contributed by atoms with Crippen LogP contribution in [0, 0.1) is 0 Å². The number of halogens is 1. The van der Waals surface area contributed by atoms with E-state index < -0.39 is 0 Å². The summed E-state index contributed by atoms with van der Waals surface area (Å²) in [6, 6.07) is 8.61. The number of hydrogen-bond donors (Lipinski definition) is 3. The first-order valence-electron chi connectivity index (χ1n) is 8.52. The van der Waals surface area contributed by atoms with Crippen LogP contribution >= 0.6 is 34.3 Å². The topological polar surface area (TPSA) is 100 Å². The van der Waals surface area contributed by atoms with Crippen LogP contribution in [0.3, 0.4) is 0 Å². The maximum absolute atomic E-state index is 12.3. The quantitative estimate of drug-likeness (QED) is 0.504. The van der Waals surface area contributed by atoms with Crippen molar-refractivity contribution in [3.63, 3.8) is 0 Å². The van der Waals surface area contributed by atoms with Gasteiger partial charge in [0.15, 0.2) is 5.13 Å². The third-order valence-corrected chi connectivity index (χ3v) is 5.61. The molecule has 0 aliphatic rings. The maximum Gasteiger partial charge on any atom is 0.231 e. The summed E-state index contributed by atoms with van der Waals surface area (Å²) >= 11 is 8.94. The molecule has 3 aromatic rings. The first-order valence-corrected chi connectivity index (χ1v) is 10.7. The lowest BCUT2D eigenvalue weighted by atomic mass is 10.2. The van der Waals surface area contributed by atoms with Crippen molar-refractivity contribution in [3.8, 4) is 0 Å². The van der Waals surface area contributed by atoms with Gasteiger partial charge in [0.25, 0.3) is 0 Å². The molecule has 0 fully saturated rings. The number of carbonyl (C=O) groups excluding carboxylic acids is 3. The molecule has 3 rings (SSSR count). The van der Waals surface area contributed by atoms with Crippen molar-refractivity contribution in [2.75, 3.05) is 16.0 Å². The molecule has 2 heterocycles. The second-order valence-corrected chi connectivity index (χ2v) is 8.35. The Bertz CT molecular complexity index is 1030. The minimum Gasteiger partial charge on any atom is -0.326 e. The summed E-state index contributed by atoms with van der Waals surface area (Å²) in [7, 11) is 0. The lowest BCUT2D eigenvalue weighted by molar-refractivity contribution is -0.116. The van der Waals surface area contributed by atoms with Gasteiger partial charge in [-0.1, -0.05) is 17.7 Å². The third-order valence-electron chi connectivity index (χ3n) is 3.62. The van der Waals surface area contributed by atoms with E-state index >= 15 is 0 Å². The summed E-state index contributed by atoms with van der Waals surface area (Å²) in [6.45, 7) is 1.40. The van der Waals surface area contributed by atoms with Crippen molar-refractivity contribution >= 4 is 68.5 Å². The Morgan fingerprint density at radius 2 is 1.83 bits per heavy atom. The summed E-state index contributed by atoms with van der Waals surface area (Å²) in [5, 5.41) is 12.5. The van der Waals surface area contributed by atoms with Crippen molar-refractivity contribution in [1.29, 1.82) is 0 Å². The van der Waals surface area contributed by atoms with Gasteiger partial charge in [0, 0.05) is 22.9 Å². The second kappa shape index (κ2) is 9.64. The number of carbonyl (C=O) groups is 3. The highest BCUT2D eigenvalue weighted by Crippen LogP contribution is 2.26. The molecule has 7 nitrogen and oxygen atoms in total. The summed E-state index contributed by atoms with van der Waals surface area (Å²) < 4.78 is 0. The van der Waals surface area contributed by atoms with Crippen LogP contribution < -0.4 is 16.0 Å². The Kier molecular flexibility index (Phi) is 6.97. The molecule has 0 saturated carbocycles. The van der Waals surface area contributed by atoms with Crippen LogP contribution in [0.25, 0.3) is 0 Å². The van der Waals surface area contributed by atoms with E-state index in [1.165, 1.54) is 29.6 Å².